The van der Waals surface area contributed by atoms with E-state index in [4.69, 9.17) is 13.9 Å². The van der Waals surface area contributed by atoms with Crippen LogP contribution in [-0.2, 0) is 16.1 Å². The molecule has 0 aliphatic carbocycles. The minimum Gasteiger partial charge on any atom is -0.451 e. The summed E-state index contributed by atoms with van der Waals surface area (Å²) >= 11 is 0. The molecule has 0 spiro atoms. The minimum absolute atomic E-state index is 0.00454. The Kier molecular flexibility index (Phi) is 4.90. The van der Waals surface area contributed by atoms with Gasteiger partial charge in [-0.2, -0.15) is 0 Å². The first-order valence-corrected chi connectivity index (χ1v) is 7.55. The number of rotatable bonds is 6. The number of esters is 1. The summed E-state index contributed by atoms with van der Waals surface area (Å²) in [4.78, 5) is 24.3. The van der Waals surface area contributed by atoms with Crippen molar-refractivity contribution < 1.29 is 27.9 Å². The van der Waals surface area contributed by atoms with Crippen LogP contribution in [0.5, 0.6) is 0 Å². The number of Topliss-reactive ketones (excluding diaryl/α,β-unsaturated/α-hetero) is 1. The molecule has 0 atom stereocenters. The molecule has 0 N–H and O–H groups in total. The van der Waals surface area contributed by atoms with E-state index >= 15 is 0 Å². The molecule has 1 aromatic heterocycles. The van der Waals surface area contributed by atoms with Gasteiger partial charge in [-0.15, -0.1) is 0 Å². The van der Waals surface area contributed by atoms with Crippen LogP contribution in [-0.4, -0.2) is 25.5 Å². The van der Waals surface area contributed by atoms with E-state index in [9.17, 15) is 14.0 Å². The van der Waals surface area contributed by atoms with Crippen molar-refractivity contribution in [3.63, 3.8) is 0 Å². The molecule has 1 heterocycles. The van der Waals surface area contributed by atoms with Crippen molar-refractivity contribution in [2.75, 3.05) is 13.7 Å². The Hall–Kier alpha value is -2.99. The number of hydrogen-bond acceptors (Lipinski definition) is 5. The first kappa shape index (κ1) is 16.9. The lowest BCUT2D eigenvalue weighted by Gasteiger charge is -2.04. The van der Waals surface area contributed by atoms with Crippen LogP contribution in [0.3, 0.4) is 0 Å². The molecule has 0 fully saturated rings. The second kappa shape index (κ2) is 7.27. The number of furan rings is 1. The summed E-state index contributed by atoms with van der Waals surface area (Å²) in [7, 11) is 1.50. The number of benzene rings is 2. The van der Waals surface area contributed by atoms with Crippen molar-refractivity contribution in [2.24, 2.45) is 0 Å². The molecule has 2 aromatic carbocycles. The number of fused-ring (bicyclic) bond motifs is 1. The molecular weight excluding hydrogens is 327 g/mol. The third-order valence-corrected chi connectivity index (χ3v) is 3.65. The van der Waals surface area contributed by atoms with E-state index in [0.717, 1.165) is 11.5 Å². The largest absolute Gasteiger partial charge is 0.451 e. The average Bonchev–Trinajstić information content (AvgIpc) is 2.98. The summed E-state index contributed by atoms with van der Waals surface area (Å²) in [5.74, 6) is -1.81. The van der Waals surface area contributed by atoms with E-state index < -0.39 is 24.2 Å². The van der Waals surface area contributed by atoms with Gasteiger partial charge in [0.2, 0.25) is 5.76 Å². The van der Waals surface area contributed by atoms with Gasteiger partial charge in [0.25, 0.3) is 0 Å². The third-order valence-electron chi connectivity index (χ3n) is 3.65. The number of hydrogen-bond donors (Lipinski definition) is 0. The van der Waals surface area contributed by atoms with Gasteiger partial charge in [0, 0.05) is 23.6 Å². The molecule has 128 valence electrons. The van der Waals surface area contributed by atoms with Gasteiger partial charge in [-0.3, -0.25) is 4.79 Å². The van der Waals surface area contributed by atoms with Gasteiger partial charge >= 0.3 is 5.97 Å². The van der Waals surface area contributed by atoms with E-state index in [0.29, 0.717) is 11.1 Å². The van der Waals surface area contributed by atoms with Crippen molar-refractivity contribution in [2.45, 2.75) is 6.61 Å². The highest BCUT2D eigenvalue weighted by atomic mass is 19.1. The molecule has 0 radical (unpaired) electrons. The van der Waals surface area contributed by atoms with Crippen LogP contribution in [0.2, 0.25) is 0 Å². The molecule has 6 heteroatoms. The number of para-hydroxylation sites is 1. The lowest BCUT2D eigenvalue weighted by atomic mass is 10.1. The smallest absolute Gasteiger partial charge is 0.375 e. The van der Waals surface area contributed by atoms with E-state index in [-0.39, 0.29) is 17.9 Å². The van der Waals surface area contributed by atoms with Crippen LogP contribution in [0.1, 0.15) is 26.5 Å². The van der Waals surface area contributed by atoms with Crippen molar-refractivity contribution in [1.82, 2.24) is 0 Å². The zero-order chi connectivity index (χ0) is 17.8. The molecule has 0 unspecified atom stereocenters. The molecule has 0 aliphatic heterocycles. The van der Waals surface area contributed by atoms with Crippen LogP contribution in [0.25, 0.3) is 11.0 Å². The fourth-order valence-corrected chi connectivity index (χ4v) is 2.49. The summed E-state index contributed by atoms with van der Waals surface area (Å²) in [6, 6.07) is 12.3. The lowest BCUT2D eigenvalue weighted by molar-refractivity contribution is 0.0441. The second-order valence-electron chi connectivity index (χ2n) is 5.35. The molecule has 0 amide bonds. The summed E-state index contributed by atoms with van der Waals surface area (Å²) in [6.45, 7) is -0.342. The van der Waals surface area contributed by atoms with Crippen molar-refractivity contribution >= 4 is 22.7 Å². The van der Waals surface area contributed by atoms with E-state index in [1.165, 1.54) is 25.3 Å². The highest BCUT2D eigenvalue weighted by Crippen LogP contribution is 2.27. The lowest BCUT2D eigenvalue weighted by Crippen LogP contribution is -2.15. The number of halogens is 1. The first-order valence-electron chi connectivity index (χ1n) is 7.55. The molecule has 0 saturated heterocycles. The third kappa shape index (κ3) is 3.59. The maximum absolute atomic E-state index is 13.2. The van der Waals surface area contributed by atoms with Crippen LogP contribution >= 0.6 is 0 Å². The molecule has 5 nitrogen and oxygen atoms in total. The zero-order valence-electron chi connectivity index (χ0n) is 13.5. The van der Waals surface area contributed by atoms with Gasteiger partial charge in [0.05, 0.1) is 6.61 Å². The maximum atomic E-state index is 13.2. The van der Waals surface area contributed by atoms with E-state index in [2.05, 4.69) is 0 Å². The summed E-state index contributed by atoms with van der Waals surface area (Å²) in [5.41, 5.74) is 1.22. The molecule has 3 aromatic rings. The molecular formula is C19H15FO5. The van der Waals surface area contributed by atoms with Gasteiger partial charge in [-0.1, -0.05) is 30.3 Å². The predicted molar refractivity (Wildman–Crippen MR) is 87.9 cm³/mol. The second-order valence-corrected chi connectivity index (χ2v) is 5.35. The Morgan fingerprint density at radius 2 is 1.92 bits per heavy atom. The molecule has 3 rings (SSSR count). The van der Waals surface area contributed by atoms with Gasteiger partial charge in [-0.25, -0.2) is 9.18 Å². The zero-order valence-corrected chi connectivity index (χ0v) is 13.5. The maximum Gasteiger partial charge on any atom is 0.375 e. The molecule has 0 saturated carbocycles. The Labute approximate surface area is 143 Å². The van der Waals surface area contributed by atoms with Crippen LogP contribution in [0, 0.1) is 5.82 Å². The van der Waals surface area contributed by atoms with Gasteiger partial charge < -0.3 is 13.9 Å². The number of carbonyl (C=O) groups excluding carboxylic acids is 2. The monoisotopic (exact) mass is 342 g/mol. The number of ether oxygens (including phenoxy) is 2. The van der Waals surface area contributed by atoms with Crippen molar-refractivity contribution in [1.29, 1.82) is 0 Å². The van der Waals surface area contributed by atoms with Gasteiger partial charge in [0.1, 0.15) is 11.4 Å². The highest BCUT2D eigenvalue weighted by Gasteiger charge is 2.22. The fourth-order valence-electron chi connectivity index (χ4n) is 2.49. The minimum atomic E-state index is -0.770. The van der Waals surface area contributed by atoms with Crippen LogP contribution in [0.4, 0.5) is 4.39 Å². The van der Waals surface area contributed by atoms with Crippen LogP contribution < -0.4 is 0 Å². The topological polar surface area (TPSA) is 65.7 Å². The highest BCUT2D eigenvalue weighted by molar-refractivity contribution is 6.00. The Balaban J connectivity index is 1.78. The Bertz CT molecular complexity index is 928. The summed E-state index contributed by atoms with van der Waals surface area (Å²) in [6.07, 6.45) is 0. The average molecular weight is 342 g/mol. The Morgan fingerprint density at radius 3 is 2.68 bits per heavy atom. The van der Waals surface area contributed by atoms with Crippen molar-refractivity contribution in [3.05, 3.63) is 71.2 Å². The summed E-state index contributed by atoms with van der Waals surface area (Å²) in [5, 5.41) is 0.743. The molecule has 25 heavy (non-hydrogen) atoms. The van der Waals surface area contributed by atoms with Crippen LogP contribution in [0.15, 0.2) is 52.9 Å². The Morgan fingerprint density at radius 1 is 1.12 bits per heavy atom. The number of ketones is 1. The predicted octanol–water partition coefficient (Wildman–Crippen LogP) is 3.76. The number of methoxy groups -OCH3 is 1. The van der Waals surface area contributed by atoms with Gasteiger partial charge in [0.15, 0.2) is 12.4 Å². The molecule has 0 bridgehead atoms. The van der Waals surface area contributed by atoms with E-state index in [1.807, 2.05) is 12.1 Å². The molecule has 0 aliphatic rings. The van der Waals surface area contributed by atoms with Crippen molar-refractivity contribution in [3.8, 4) is 0 Å². The summed E-state index contributed by atoms with van der Waals surface area (Å²) < 4.78 is 28.9. The first-order chi connectivity index (χ1) is 12.1. The fraction of sp³-hybridized carbons (Fsp3) is 0.158. The quantitative estimate of drug-likeness (QED) is 0.504. The van der Waals surface area contributed by atoms with Gasteiger partial charge in [-0.05, 0) is 18.2 Å². The standard InChI is InChI=1S/C19H15FO5/c1-23-10-15-14-7-2-3-8-17(14)25-18(15)19(22)24-11-16(21)12-5-4-6-13(20)9-12/h2-9H,10-11H2,1H3. The van der Waals surface area contributed by atoms with E-state index in [1.54, 1.807) is 12.1 Å². The SMILES string of the molecule is COCc1c(C(=O)OCC(=O)c2cccc(F)c2)oc2ccccc12. The normalized spacial score (nSPS) is 10.8. The number of carbonyl (C=O) groups is 2.